The number of hydrogen-bond acceptors (Lipinski definition) is 2. The molecule has 2 nitrogen and oxygen atoms in total. The molecule has 1 aliphatic rings. The molecule has 3 unspecified atom stereocenters. The first-order valence-corrected chi connectivity index (χ1v) is 7.74. The van der Waals surface area contributed by atoms with Crippen LogP contribution in [0.2, 0.25) is 0 Å². The van der Waals surface area contributed by atoms with Crippen LogP contribution in [0.15, 0.2) is 30.3 Å². The van der Waals surface area contributed by atoms with Crippen LogP contribution in [-0.4, -0.2) is 17.8 Å². The Bertz CT molecular complexity index is 352. The number of aliphatic hydroxyl groups excluding tert-OH is 1. The van der Waals surface area contributed by atoms with Gasteiger partial charge in [0, 0.05) is 6.04 Å². The maximum Gasteiger partial charge on any atom is 0.0568 e. The third kappa shape index (κ3) is 4.63. The predicted octanol–water partition coefficient (Wildman–Crippen LogP) is 3.67. The van der Waals surface area contributed by atoms with Crippen LogP contribution >= 0.6 is 0 Å². The van der Waals surface area contributed by atoms with Gasteiger partial charge in [-0.2, -0.15) is 0 Å². The lowest BCUT2D eigenvalue weighted by atomic mass is 9.83. The van der Waals surface area contributed by atoms with Crippen molar-refractivity contribution in [1.82, 2.24) is 5.32 Å². The van der Waals surface area contributed by atoms with Crippen LogP contribution in [0.1, 0.15) is 57.1 Å². The van der Waals surface area contributed by atoms with Gasteiger partial charge in [-0.3, -0.25) is 0 Å². The fourth-order valence-corrected chi connectivity index (χ4v) is 3.07. The molecule has 2 heteroatoms. The van der Waals surface area contributed by atoms with Gasteiger partial charge in [-0.1, -0.05) is 43.2 Å². The molecule has 19 heavy (non-hydrogen) atoms. The number of rotatable bonds is 6. The average Bonchev–Trinajstić information content (AvgIpc) is 2.46. The Kier molecular flexibility index (Phi) is 5.87. The van der Waals surface area contributed by atoms with Crippen molar-refractivity contribution in [2.75, 3.05) is 6.54 Å². The molecule has 106 valence electrons. The van der Waals surface area contributed by atoms with Crippen molar-refractivity contribution in [3.05, 3.63) is 35.9 Å². The maximum absolute atomic E-state index is 9.94. The van der Waals surface area contributed by atoms with Gasteiger partial charge >= 0.3 is 0 Å². The molecule has 2 N–H and O–H groups in total. The first-order valence-electron chi connectivity index (χ1n) is 7.74. The average molecular weight is 261 g/mol. The Morgan fingerprint density at radius 1 is 1.21 bits per heavy atom. The molecule has 0 radical (unpaired) electrons. The molecular weight excluding hydrogens is 234 g/mol. The van der Waals surface area contributed by atoms with E-state index in [1.165, 1.54) is 31.2 Å². The standard InChI is InChI=1S/C17H27NO/c1-14(15-8-3-2-4-9-15)18-13-7-11-16-10-5-6-12-17(16)19/h2-4,8-9,14,16-19H,5-7,10-13H2,1H3. The van der Waals surface area contributed by atoms with E-state index in [0.717, 1.165) is 19.4 Å². The summed E-state index contributed by atoms with van der Waals surface area (Å²) in [4.78, 5) is 0. The summed E-state index contributed by atoms with van der Waals surface area (Å²) in [6.07, 6.45) is 7.03. The highest BCUT2D eigenvalue weighted by Crippen LogP contribution is 2.27. The lowest BCUT2D eigenvalue weighted by Crippen LogP contribution is -2.26. The number of aliphatic hydroxyl groups is 1. The monoisotopic (exact) mass is 261 g/mol. The Morgan fingerprint density at radius 3 is 2.68 bits per heavy atom. The summed E-state index contributed by atoms with van der Waals surface area (Å²) in [5.41, 5.74) is 1.35. The minimum Gasteiger partial charge on any atom is -0.393 e. The fourth-order valence-electron chi connectivity index (χ4n) is 3.07. The highest BCUT2D eigenvalue weighted by atomic mass is 16.3. The lowest BCUT2D eigenvalue weighted by Gasteiger charge is -2.27. The molecule has 1 aromatic rings. The van der Waals surface area contributed by atoms with Crippen molar-refractivity contribution < 1.29 is 5.11 Å². The van der Waals surface area contributed by atoms with Crippen LogP contribution < -0.4 is 5.32 Å². The highest BCUT2D eigenvalue weighted by molar-refractivity contribution is 5.17. The SMILES string of the molecule is CC(NCCCC1CCCCC1O)c1ccccc1. The van der Waals surface area contributed by atoms with Crippen molar-refractivity contribution in [1.29, 1.82) is 0 Å². The summed E-state index contributed by atoms with van der Waals surface area (Å²) >= 11 is 0. The van der Waals surface area contributed by atoms with Crippen molar-refractivity contribution in [3.63, 3.8) is 0 Å². The molecule has 0 heterocycles. The van der Waals surface area contributed by atoms with Crippen LogP contribution in [0, 0.1) is 5.92 Å². The molecule has 3 atom stereocenters. The molecule has 0 aromatic heterocycles. The molecule has 1 aliphatic carbocycles. The molecule has 1 fully saturated rings. The molecule has 1 saturated carbocycles. The largest absolute Gasteiger partial charge is 0.393 e. The summed E-state index contributed by atoms with van der Waals surface area (Å²) in [5.74, 6) is 0.544. The van der Waals surface area contributed by atoms with E-state index >= 15 is 0 Å². The van der Waals surface area contributed by atoms with Gasteiger partial charge in [0.05, 0.1) is 6.10 Å². The summed E-state index contributed by atoms with van der Waals surface area (Å²) in [7, 11) is 0. The molecule has 0 aliphatic heterocycles. The van der Waals surface area contributed by atoms with E-state index in [1.54, 1.807) is 0 Å². The zero-order valence-electron chi connectivity index (χ0n) is 12.0. The minimum atomic E-state index is -0.0414. The Hall–Kier alpha value is -0.860. The van der Waals surface area contributed by atoms with Gasteiger partial charge in [0.2, 0.25) is 0 Å². The number of benzene rings is 1. The first kappa shape index (κ1) is 14.5. The number of hydrogen-bond donors (Lipinski definition) is 2. The van der Waals surface area contributed by atoms with Crippen molar-refractivity contribution in [2.24, 2.45) is 5.92 Å². The third-order valence-electron chi connectivity index (χ3n) is 4.37. The summed E-state index contributed by atoms with van der Waals surface area (Å²) in [6.45, 7) is 3.25. The van der Waals surface area contributed by atoms with Crippen LogP contribution in [0.25, 0.3) is 0 Å². The van der Waals surface area contributed by atoms with Crippen LogP contribution in [-0.2, 0) is 0 Å². The van der Waals surface area contributed by atoms with E-state index in [9.17, 15) is 5.11 Å². The second-order valence-corrected chi connectivity index (χ2v) is 5.84. The molecule has 1 aromatic carbocycles. The van der Waals surface area contributed by atoms with Crippen LogP contribution in [0.5, 0.6) is 0 Å². The summed E-state index contributed by atoms with van der Waals surface area (Å²) < 4.78 is 0. The van der Waals surface area contributed by atoms with E-state index in [2.05, 4.69) is 42.6 Å². The van der Waals surface area contributed by atoms with Crippen molar-refractivity contribution in [3.8, 4) is 0 Å². The Morgan fingerprint density at radius 2 is 1.95 bits per heavy atom. The van der Waals surface area contributed by atoms with Gasteiger partial charge in [0.25, 0.3) is 0 Å². The second kappa shape index (κ2) is 7.66. The lowest BCUT2D eigenvalue weighted by molar-refractivity contribution is 0.0642. The highest BCUT2D eigenvalue weighted by Gasteiger charge is 2.22. The van der Waals surface area contributed by atoms with Crippen LogP contribution in [0.4, 0.5) is 0 Å². The molecule has 2 rings (SSSR count). The summed E-state index contributed by atoms with van der Waals surface area (Å²) in [5, 5.41) is 13.5. The van der Waals surface area contributed by atoms with Gasteiger partial charge in [-0.05, 0) is 50.6 Å². The van der Waals surface area contributed by atoms with E-state index in [-0.39, 0.29) is 6.10 Å². The summed E-state index contributed by atoms with van der Waals surface area (Å²) in [6, 6.07) is 11.0. The van der Waals surface area contributed by atoms with E-state index in [4.69, 9.17) is 0 Å². The zero-order chi connectivity index (χ0) is 13.5. The minimum absolute atomic E-state index is 0.0414. The van der Waals surface area contributed by atoms with Gasteiger partial charge < -0.3 is 10.4 Å². The van der Waals surface area contributed by atoms with E-state index in [0.29, 0.717) is 12.0 Å². The van der Waals surface area contributed by atoms with Crippen molar-refractivity contribution in [2.45, 2.75) is 57.6 Å². The van der Waals surface area contributed by atoms with Gasteiger partial charge in [-0.15, -0.1) is 0 Å². The van der Waals surface area contributed by atoms with Gasteiger partial charge in [-0.25, -0.2) is 0 Å². The second-order valence-electron chi connectivity index (χ2n) is 5.84. The normalized spacial score (nSPS) is 25.2. The Labute approximate surface area is 117 Å². The maximum atomic E-state index is 9.94. The molecule has 0 bridgehead atoms. The Balaban J connectivity index is 1.64. The quantitative estimate of drug-likeness (QED) is 0.766. The van der Waals surface area contributed by atoms with Gasteiger partial charge in [0.1, 0.15) is 0 Å². The zero-order valence-corrected chi connectivity index (χ0v) is 12.0. The fraction of sp³-hybridized carbons (Fsp3) is 0.647. The molecular formula is C17H27NO. The van der Waals surface area contributed by atoms with E-state index < -0.39 is 0 Å². The van der Waals surface area contributed by atoms with E-state index in [1.807, 2.05) is 0 Å². The van der Waals surface area contributed by atoms with Crippen molar-refractivity contribution >= 4 is 0 Å². The molecule has 0 saturated heterocycles. The predicted molar refractivity (Wildman–Crippen MR) is 80.1 cm³/mol. The topological polar surface area (TPSA) is 32.3 Å². The first-order chi connectivity index (χ1) is 9.27. The van der Waals surface area contributed by atoms with Crippen LogP contribution in [0.3, 0.4) is 0 Å². The number of nitrogens with one attached hydrogen (secondary N) is 1. The smallest absolute Gasteiger partial charge is 0.0568 e. The third-order valence-corrected chi connectivity index (χ3v) is 4.37. The molecule has 0 amide bonds. The molecule has 0 spiro atoms. The van der Waals surface area contributed by atoms with Gasteiger partial charge in [0.15, 0.2) is 0 Å².